The van der Waals surface area contributed by atoms with E-state index >= 15 is 0 Å². The van der Waals surface area contributed by atoms with E-state index in [1.165, 1.54) is 14.0 Å². The molecule has 4 rings (SSSR count). The first-order valence-electron chi connectivity index (χ1n) is 21.6. The lowest BCUT2D eigenvalue weighted by atomic mass is 9.82. The number of nitrogens with zero attached hydrogens (tertiary/aromatic N) is 1. The monoisotopic (exact) mass is 872 g/mol. The number of allylic oxidation sites excluding steroid dienone is 2. The molecule has 0 bridgehead atoms. The van der Waals surface area contributed by atoms with E-state index in [0.29, 0.717) is 12.8 Å². The second kappa shape index (κ2) is 23.5. The fourth-order valence-corrected chi connectivity index (χ4v) is 8.63. The number of carbonyl (C=O) groups is 3. The van der Waals surface area contributed by atoms with Crippen LogP contribution in [0.25, 0.3) is 0 Å². The summed E-state index contributed by atoms with van der Waals surface area (Å²) in [5.41, 5.74) is 4.84. The van der Waals surface area contributed by atoms with E-state index in [1.807, 2.05) is 52.2 Å². The first-order chi connectivity index (χ1) is 28.8. The van der Waals surface area contributed by atoms with Gasteiger partial charge in [-0.1, -0.05) is 38.2 Å². The molecule has 0 aromatic heterocycles. The van der Waals surface area contributed by atoms with Crippen LogP contribution in [0.4, 0.5) is 0 Å². The van der Waals surface area contributed by atoms with Crippen molar-refractivity contribution < 1.29 is 77.4 Å². The lowest BCUT2D eigenvalue weighted by Crippen LogP contribution is -2.65. The highest BCUT2D eigenvalue weighted by Gasteiger charge is 2.51. The molecule has 4 heterocycles. The van der Waals surface area contributed by atoms with Crippen molar-refractivity contribution in [3.05, 3.63) is 24.3 Å². The molecule has 61 heavy (non-hydrogen) atoms. The maximum absolute atomic E-state index is 13.4. The van der Waals surface area contributed by atoms with Crippen LogP contribution >= 0.6 is 0 Å². The highest BCUT2D eigenvalue weighted by Crippen LogP contribution is 2.36. The molecule has 0 aromatic rings. The van der Waals surface area contributed by atoms with Crippen molar-refractivity contribution >= 4 is 18.2 Å². The Morgan fingerprint density at radius 2 is 1.70 bits per heavy atom. The minimum Gasteiger partial charge on any atom is -0.462 e. The molecule has 0 radical (unpaired) electrons. The van der Waals surface area contributed by atoms with Gasteiger partial charge in [-0.2, -0.15) is 0 Å². The van der Waals surface area contributed by atoms with Crippen LogP contribution in [0, 0.1) is 11.8 Å². The van der Waals surface area contributed by atoms with Crippen LogP contribution in [0.15, 0.2) is 24.3 Å². The number of aldehydes is 1. The number of rotatable bonds is 12. The average Bonchev–Trinajstić information content (AvgIpc) is 3.18. The lowest BCUT2D eigenvalue weighted by Gasteiger charge is -2.47. The fraction of sp³-hybridized carbons (Fsp3) is 0.837. The van der Waals surface area contributed by atoms with Gasteiger partial charge in [-0.15, -0.1) is 0 Å². The third kappa shape index (κ3) is 14.0. The highest BCUT2D eigenvalue weighted by atomic mass is 16.8. The van der Waals surface area contributed by atoms with Crippen LogP contribution in [0.1, 0.15) is 92.9 Å². The molecule has 19 atom stereocenters. The molecule has 18 heteroatoms. The predicted octanol–water partition coefficient (Wildman–Crippen LogP) is 1.61. The third-order valence-corrected chi connectivity index (χ3v) is 12.2. The van der Waals surface area contributed by atoms with Crippen LogP contribution in [0.3, 0.4) is 0 Å². The summed E-state index contributed by atoms with van der Waals surface area (Å²) in [5, 5.41) is 42.8. The van der Waals surface area contributed by atoms with Crippen molar-refractivity contribution in [2.75, 3.05) is 21.2 Å². The van der Waals surface area contributed by atoms with Crippen molar-refractivity contribution in [1.82, 2.24) is 4.90 Å². The van der Waals surface area contributed by atoms with Gasteiger partial charge in [0.05, 0.1) is 42.5 Å². The SMILES string of the molecule is CCC(=O)O[C@@H]1CC(=O)O[C@H](C)C/C=C/C=C/[C@@H](O[C@@H]2CC[C@@H](N(C)C)[C@H](C)O2)[C@H](C)C[C@H](CC=O)[C@H](O[C@H]2O[C@@H](C)[C@H](O[C@H]3C[C@@](C)(O)[C@@H](O)[C@H](O)O3)[C@@H](N)[C@@H]2O)[C@H]1OC. The summed E-state index contributed by atoms with van der Waals surface area (Å²) in [7, 11) is 5.41. The molecule has 4 aliphatic rings. The van der Waals surface area contributed by atoms with E-state index in [2.05, 4.69) is 4.90 Å². The topological polar surface area (TPSA) is 244 Å². The summed E-state index contributed by atoms with van der Waals surface area (Å²) >= 11 is 0. The summed E-state index contributed by atoms with van der Waals surface area (Å²) in [6, 6.07) is -0.957. The quantitative estimate of drug-likeness (QED) is 0.138. The number of ether oxygens (including phenoxy) is 9. The summed E-state index contributed by atoms with van der Waals surface area (Å²) in [4.78, 5) is 41.1. The van der Waals surface area contributed by atoms with Crippen molar-refractivity contribution in [2.45, 2.75) is 197 Å². The van der Waals surface area contributed by atoms with Gasteiger partial charge in [0.2, 0.25) is 0 Å². The van der Waals surface area contributed by atoms with E-state index in [9.17, 15) is 34.8 Å². The summed E-state index contributed by atoms with van der Waals surface area (Å²) in [6.45, 7) is 10.3. The minimum absolute atomic E-state index is 0.0136. The van der Waals surface area contributed by atoms with Crippen molar-refractivity contribution in [3.63, 3.8) is 0 Å². The number of methoxy groups -OCH3 is 1. The lowest BCUT2D eigenvalue weighted by molar-refractivity contribution is -0.358. The summed E-state index contributed by atoms with van der Waals surface area (Å²) in [5.74, 6) is -2.26. The van der Waals surface area contributed by atoms with Crippen LogP contribution in [0.2, 0.25) is 0 Å². The third-order valence-electron chi connectivity index (χ3n) is 12.2. The molecule has 4 aliphatic heterocycles. The van der Waals surface area contributed by atoms with Gasteiger partial charge < -0.3 is 78.5 Å². The van der Waals surface area contributed by atoms with Crippen LogP contribution in [-0.2, 0) is 57.0 Å². The number of esters is 2. The zero-order valence-electron chi connectivity index (χ0n) is 37.1. The molecule has 0 saturated carbocycles. The van der Waals surface area contributed by atoms with Gasteiger partial charge in [0.1, 0.15) is 42.9 Å². The van der Waals surface area contributed by atoms with E-state index in [1.54, 1.807) is 20.8 Å². The number of hydrogen-bond acceptors (Lipinski definition) is 18. The van der Waals surface area contributed by atoms with Gasteiger partial charge in [0.15, 0.2) is 25.2 Å². The molecular weight excluding hydrogens is 800 g/mol. The standard InChI is InChI=1S/C43H72N2O16/c1-10-31(47)57-30-21-32(48)54-24(3)14-12-11-13-15-29(58-33-17-16-28(45(7)8)25(4)55-33)23(2)20-27(18-19-46)38(39(30)53-9)61-42-36(49)35(44)37(26(5)56-42)59-34-22-43(6,52)40(50)41(51)60-34/h11-13,15,19,23-30,33-42,49-52H,10,14,16-18,20-22,44H2,1-9H3/b12-11+,15-13+/t23-,24-,25+,26+,27+,28-,29-,30-,33-,34-,35+,36+,37+,38+,39+,40+,41-,42-,43-/m1/s1. The van der Waals surface area contributed by atoms with Gasteiger partial charge in [0, 0.05) is 38.8 Å². The normalized spacial score (nSPS) is 44.5. The molecule has 6 N–H and O–H groups in total. The van der Waals surface area contributed by atoms with Crippen LogP contribution in [-0.4, -0.2) is 169 Å². The van der Waals surface area contributed by atoms with E-state index in [4.69, 9.17) is 48.4 Å². The Bertz CT molecular complexity index is 1450. The molecule has 0 unspecified atom stereocenters. The first-order valence-corrected chi connectivity index (χ1v) is 21.6. The number of nitrogens with two attached hydrogens (primary N) is 1. The van der Waals surface area contributed by atoms with Gasteiger partial charge in [-0.25, -0.2) is 0 Å². The number of carbonyl (C=O) groups excluding carboxylic acids is 3. The first kappa shape index (κ1) is 51.2. The Balaban J connectivity index is 1.70. The highest BCUT2D eigenvalue weighted by molar-refractivity contribution is 5.72. The zero-order valence-corrected chi connectivity index (χ0v) is 37.1. The van der Waals surface area contributed by atoms with Crippen LogP contribution in [0.5, 0.6) is 0 Å². The van der Waals surface area contributed by atoms with Gasteiger partial charge in [-0.3, -0.25) is 9.59 Å². The number of aliphatic hydroxyl groups is 4. The maximum Gasteiger partial charge on any atom is 0.309 e. The number of cyclic esters (lactones) is 1. The number of hydrogen-bond donors (Lipinski definition) is 5. The molecule has 0 amide bonds. The van der Waals surface area contributed by atoms with Crippen molar-refractivity contribution in [2.24, 2.45) is 17.6 Å². The van der Waals surface area contributed by atoms with E-state index in [0.717, 1.165) is 12.7 Å². The molecule has 0 aromatic carbocycles. The summed E-state index contributed by atoms with van der Waals surface area (Å²) in [6.07, 6.45) is -5.03. The molecule has 18 nitrogen and oxygen atoms in total. The Labute approximate surface area is 359 Å². The van der Waals surface area contributed by atoms with Gasteiger partial charge in [0.25, 0.3) is 0 Å². The average molecular weight is 873 g/mol. The second-order valence-corrected chi connectivity index (χ2v) is 17.4. The van der Waals surface area contributed by atoms with Crippen molar-refractivity contribution in [3.8, 4) is 0 Å². The molecular formula is C43H72N2O16. The Morgan fingerprint density at radius 3 is 2.33 bits per heavy atom. The molecule has 3 saturated heterocycles. The van der Waals surface area contributed by atoms with Gasteiger partial charge >= 0.3 is 11.9 Å². The number of likely N-dealkylation sites (N-methyl/N-ethyl adjacent to an activating group) is 1. The smallest absolute Gasteiger partial charge is 0.309 e. The second-order valence-electron chi connectivity index (χ2n) is 17.4. The van der Waals surface area contributed by atoms with E-state index in [-0.39, 0.29) is 43.7 Å². The zero-order chi connectivity index (χ0) is 45.2. The largest absolute Gasteiger partial charge is 0.462 e. The Morgan fingerprint density at radius 1 is 0.984 bits per heavy atom. The minimum atomic E-state index is -1.75. The molecule has 350 valence electrons. The number of aliphatic hydroxyl groups excluding tert-OH is 3. The van der Waals surface area contributed by atoms with Gasteiger partial charge in [-0.05, 0) is 72.9 Å². The van der Waals surface area contributed by atoms with E-state index < -0.39 is 116 Å². The maximum atomic E-state index is 13.4. The Hall–Kier alpha value is -2.43. The fourth-order valence-electron chi connectivity index (χ4n) is 8.63. The molecule has 0 spiro atoms. The molecule has 0 aliphatic carbocycles. The predicted molar refractivity (Wildman–Crippen MR) is 218 cm³/mol. The van der Waals surface area contributed by atoms with Crippen LogP contribution < -0.4 is 5.73 Å². The summed E-state index contributed by atoms with van der Waals surface area (Å²) < 4.78 is 54.9. The van der Waals surface area contributed by atoms with Crippen molar-refractivity contribution in [1.29, 1.82) is 0 Å². The Kier molecular flexibility index (Phi) is 19.7. The molecule has 3 fully saturated rings.